The lowest BCUT2D eigenvalue weighted by Crippen LogP contribution is -2.32. The third kappa shape index (κ3) is 3.01. The third-order valence-electron chi connectivity index (χ3n) is 6.46. The summed E-state index contributed by atoms with van der Waals surface area (Å²) in [6, 6.07) is 6.16. The number of rotatable bonds is 3. The Bertz CT molecular complexity index is 1300. The summed E-state index contributed by atoms with van der Waals surface area (Å²) in [5.41, 5.74) is 10.5. The molecule has 0 radical (unpaired) electrons. The standard InChI is InChI=1S/C23H27N5O2/c1-13-4-5-18-16(10-13)14(2)21(30-18)17-12-28(11-15-6-8-27(3)9-7-15)20-19(17)22(24)25-26-23(20)29/h4-5,10,12,15H,6-9,11H2,1-3H3,(H2,24,25)(H,26,29). The van der Waals surface area contributed by atoms with E-state index < -0.39 is 0 Å². The molecule has 1 aliphatic heterocycles. The monoisotopic (exact) mass is 405 g/mol. The van der Waals surface area contributed by atoms with Gasteiger partial charge < -0.3 is 19.6 Å². The summed E-state index contributed by atoms with van der Waals surface area (Å²) >= 11 is 0. The van der Waals surface area contributed by atoms with Gasteiger partial charge in [-0.2, -0.15) is 5.10 Å². The number of fused-ring (bicyclic) bond motifs is 2. The van der Waals surface area contributed by atoms with Crippen molar-refractivity contribution >= 4 is 27.7 Å². The lowest BCUT2D eigenvalue weighted by atomic mass is 9.97. The van der Waals surface area contributed by atoms with E-state index in [-0.39, 0.29) is 5.56 Å². The molecule has 7 heteroatoms. The van der Waals surface area contributed by atoms with Crippen LogP contribution in [0, 0.1) is 19.8 Å². The van der Waals surface area contributed by atoms with Crippen LogP contribution < -0.4 is 11.3 Å². The van der Waals surface area contributed by atoms with E-state index in [1.165, 1.54) is 5.56 Å². The lowest BCUT2D eigenvalue weighted by molar-refractivity contribution is 0.206. The van der Waals surface area contributed by atoms with Gasteiger partial charge in [0.2, 0.25) is 0 Å². The number of nitrogens with one attached hydrogen (secondary N) is 1. The Morgan fingerprint density at radius 2 is 2.03 bits per heavy atom. The zero-order valence-electron chi connectivity index (χ0n) is 17.7. The number of piperidine rings is 1. The highest BCUT2D eigenvalue weighted by atomic mass is 16.3. The summed E-state index contributed by atoms with van der Waals surface area (Å²) in [4.78, 5) is 15.1. The molecule has 7 nitrogen and oxygen atoms in total. The van der Waals surface area contributed by atoms with Crippen LogP contribution in [0.15, 0.2) is 33.6 Å². The predicted molar refractivity (Wildman–Crippen MR) is 120 cm³/mol. The lowest BCUT2D eigenvalue weighted by Gasteiger charge is -2.29. The maximum Gasteiger partial charge on any atom is 0.288 e. The molecule has 30 heavy (non-hydrogen) atoms. The Hall–Kier alpha value is -3.06. The number of hydrogen-bond acceptors (Lipinski definition) is 5. The summed E-state index contributed by atoms with van der Waals surface area (Å²) < 4.78 is 8.30. The maximum atomic E-state index is 12.8. The molecule has 0 saturated carbocycles. The second kappa shape index (κ2) is 7.02. The van der Waals surface area contributed by atoms with Crippen LogP contribution in [0.5, 0.6) is 0 Å². The summed E-state index contributed by atoms with van der Waals surface area (Å²) in [7, 11) is 2.16. The molecule has 3 N–H and O–H groups in total. The summed E-state index contributed by atoms with van der Waals surface area (Å²) in [6.45, 7) is 7.07. The number of aromatic nitrogens is 3. The van der Waals surface area contributed by atoms with Crippen molar-refractivity contribution in [2.24, 2.45) is 5.92 Å². The molecule has 3 aromatic heterocycles. The van der Waals surface area contributed by atoms with Gasteiger partial charge in [-0.1, -0.05) is 11.6 Å². The first-order valence-electron chi connectivity index (χ1n) is 10.5. The molecule has 0 amide bonds. The van der Waals surface area contributed by atoms with Gasteiger partial charge >= 0.3 is 0 Å². The van der Waals surface area contributed by atoms with Crippen molar-refractivity contribution < 1.29 is 4.42 Å². The average molecular weight is 406 g/mol. The number of anilines is 1. The van der Waals surface area contributed by atoms with E-state index in [1.54, 1.807) is 0 Å². The van der Waals surface area contributed by atoms with Crippen LogP contribution in [0.4, 0.5) is 5.82 Å². The van der Waals surface area contributed by atoms with E-state index in [9.17, 15) is 4.79 Å². The van der Waals surface area contributed by atoms with Crippen molar-refractivity contribution in [3.63, 3.8) is 0 Å². The van der Waals surface area contributed by atoms with Gasteiger partial charge in [0.05, 0.1) is 5.39 Å². The summed E-state index contributed by atoms with van der Waals surface area (Å²) in [6.07, 6.45) is 4.26. The fourth-order valence-electron chi connectivity index (χ4n) is 4.71. The number of furan rings is 1. The van der Waals surface area contributed by atoms with E-state index in [1.807, 2.05) is 18.3 Å². The van der Waals surface area contributed by atoms with Crippen LogP contribution in [0.3, 0.4) is 0 Å². The fraction of sp³-hybridized carbons (Fsp3) is 0.391. The predicted octanol–water partition coefficient (Wildman–Crippen LogP) is 3.68. The summed E-state index contributed by atoms with van der Waals surface area (Å²) in [5, 5.41) is 8.34. The minimum atomic E-state index is -0.219. The van der Waals surface area contributed by atoms with Gasteiger partial charge in [-0.05, 0) is 64.9 Å². The number of benzene rings is 1. The molecule has 0 aliphatic carbocycles. The quantitative estimate of drug-likeness (QED) is 0.542. The van der Waals surface area contributed by atoms with E-state index in [0.29, 0.717) is 22.6 Å². The molecule has 0 unspecified atom stereocenters. The minimum Gasteiger partial charge on any atom is -0.456 e. The van der Waals surface area contributed by atoms with E-state index in [2.05, 4.69) is 46.6 Å². The Morgan fingerprint density at radius 3 is 2.80 bits per heavy atom. The number of aromatic amines is 1. The van der Waals surface area contributed by atoms with E-state index >= 15 is 0 Å². The molecule has 156 valence electrons. The number of nitrogen functional groups attached to an aromatic ring is 1. The number of H-pyrrole nitrogens is 1. The third-order valence-corrected chi connectivity index (χ3v) is 6.46. The van der Waals surface area contributed by atoms with Crippen LogP contribution in [-0.4, -0.2) is 39.8 Å². The Labute approximate surface area is 174 Å². The van der Waals surface area contributed by atoms with Gasteiger partial charge in [0.25, 0.3) is 5.56 Å². The summed E-state index contributed by atoms with van der Waals surface area (Å²) in [5.74, 6) is 1.59. The van der Waals surface area contributed by atoms with Gasteiger partial charge in [0.15, 0.2) is 5.82 Å². The molecule has 1 aliphatic rings. The van der Waals surface area contributed by atoms with Crippen LogP contribution in [0.2, 0.25) is 0 Å². The van der Waals surface area contributed by atoms with Crippen LogP contribution in [0.1, 0.15) is 24.0 Å². The zero-order chi connectivity index (χ0) is 21.0. The van der Waals surface area contributed by atoms with Crippen molar-refractivity contribution in [3.05, 3.63) is 45.9 Å². The van der Waals surface area contributed by atoms with Crippen LogP contribution >= 0.6 is 0 Å². The van der Waals surface area contributed by atoms with E-state index in [0.717, 1.165) is 60.3 Å². The molecule has 4 aromatic rings. The highest BCUT2D eigenvalue weighted by molar-refractivity contribution is 6.03. The van der Waals surface area contributed by atoms with Crippen molar-refractivity contribution in [2.75, 3.05) is 25.9 Å². The minimum absolute atomic E-state index is 0.219. The Balaban J connectivity index is 1.69. The highest BCUT2D eigenvalue weighted by Crippen LogP contribution is 2.39. The number of nitrogens with zero attached hydrogens (tertiary/aromatic N) is 3. The van der Waals surface area contributed by atoms with Crippen molar-refractivity contribution in [2.45, 2.75) is 33.2 Å². The number of nitrogens with two attached hydrogens (primary N) is 1. The Kier molecular flexibility index (Phi) is 4.43. The van der Waals surface area contributed by atoms with Gasteiger partial charge in [-0.25, -0.2) is 5.10 Å². The molecule has 0 spiro atoms. The molecule has 0 bridgehead atoms. The first-order valence-corrected chi connectivity index (χ1v) is 10.5. The van der Waals surface area contributed by atoms with Gasteiger partial charge in [0.1, 0.15) is 16.9 Å². The molecular formula is C23H27N5O2. The van der Waals surface area contributed by atoms with Crippen molar-refractivity contribution in [3.8, 4) is 11.3 Å². The van der Waals surface area contributed by atoms with Crippen molar-refractivity contribution in [1.29, 1.82) is 0 Å². The number of aryl methyl sites for hydroxylation is 2. The maximum absolute atomic E-state index is 12.8. The van der Waals surface area contributed by atoms with Crippen LogP contribution in [0.25, 0.3) is 33.2 Å². The fourth-order valence-corrected chi connectivity index (χ4v) is 4.71. The average Bonchev–Trinajstić information content (AvgIpc) is 3.26. The second-order valence-corrected chi connectivity index (χ2v) is 8.66. The largest absolute Gasteiger partial charge is 0.456 e. The molecular weight excluding hydrogens is 378 g/mol. The van der Waals surface area contributed by atoms with Gasteiger partial charge in [-0.3, -0.25) is 4.79 Å². The molecule has 1 saturated heterocycles. The number of likely N-dealkylation sites (tertiary alicyclic amines) is 1. The molecule has 1 aromatic carbocycles. The molecule has 1 fully saturated rings. The van der Waals surface area contributed by atoms with Gasteiger partial charge in [0, 0.05) is 29.3 Å². The van der Waals surface area contributed by atoms with Gasteiger partial charge in [-0.15, -0.1) is 0 Å². The number of hydrogen-bond donors (Lipinski definition) is 2. The highest BCUT2D eigenvalue weighted by Gasteiger charge is 2.24. The first kappa shape index (κ1) is 18.9. The SMILES string of the molecule is Cc1ccc2oc(-c3cn(CC4CCN(C)CC4)c4c(=O)[nH]nc(N)c34)c(C)c2c1. The molecule has 0 atom stereocenters. The topological polar surface area (TPSA) is 93.1 Å². The molecule has 5 rings (SSSR count). The van der Waals surface area contributed by atoms with E-state index in [4.69, 9.17) is 10.2 Å². The smallest absolute Gasteiger partial charge is 0.288 e. The second-order valence-electron chi connectivity index (χ2n) is 8.66. The first-order chi connectivity index (χ1) is 14.4. The normalized spacial score (nSPS) is 16.1. The molecule has 4 heterocycles. The Morgan fingerprint density at radius 1 is 1.27 bits per heavy atom. The van der Waals surface area contributed by atoms with Crippen molar-refractivity contribution in [1.82, 2.24) is 19.7 Å². The van der Waals surface area contributed by atoms with Crippen LogP contribution in [-0.2, 0) is 6.54 Å². The zero-order valence-corrected chi connectivity index (χ0v) is 17.7.